The van der Waals surface area contributed by atoms with Crippen LogP contribution in [0.3, 0.4) is 0 Å². The van der Waals surface area contributed by atoms with Gasteiger partial charge in [0.15, 0.2) is 0 Å². The van der Waals surface area contributed by atoms with Crippen LogP contribution in [0.25, 0.3) is 0 Å². The van der Waals surface area contributed by atoms with Crippen molar-refractivity contribution in [3.05, 3.63) is 47.2 Å². The van der Waals surface area contributed by atoms with E-state index in [1.165, 1.54) is 0 Å². The van der Waals surface area contributed by atoms with E-state index in [2.05, 4.69) is 19.1 Å². The topological polar surface area (TPSA) is 35.5 Å². The van der Waals surface area contributed by atoms with Crippen LogP contribution < -0.4 is 0 Å². The summed E-state index contributed by atoms with van der Waals surface area (Å²) in [4.78, 5) is 11.8. The first kappa shape index (κ1) is 13.7. The number of hydrogen-bond donors (Lipinski definition) is 0. The molecule has 2 rings (SSSR count). The molecule has 0 aliphatic carbocycles. The molecule has 1 unspecified atom stereocenters. The molecule has 1 aromatic rings. The summed E-state index contributed by atoms with van der Waals surface area (Å²) in [5, 5.41) is 0. The highest BCUT2D eigenvalue weighted by atomic mass is 16.5. The molecule has 0 N–H and O–H groups in total. The monoisotopic (exact) mass is 260 g/mol. The summed E-state index contributed by atoms with van der Waals surface area (Å²) < 4.78 is 11.1. The molecule has 19 heavy (non-hydrogen) atoms. The van der Waals surface area contributed by atoms with E-state index in [4.69, 9.17) is 9.47 Å². The quantitative estimate of drug-likeness (QED) is 0.780. The van der Waals surface area contributed by atoms with Crippen molar-refractivity contribution < 1.29 is 14.3 Å². The van der Waals surface area contributed by atoms with Gasteiger partial charge in [0, 0.05) is 0 Å². The Labute approximate surface area is 114 Å². The third-order valence-electron chi connectivity index (χ3n) is 3.56. The molecule has 0 saturated heterocycles. The lowest BCUT2D eigenvalue weighted by Crippen LogP contribution is -2.31. The number of ether oxygens (including phenoxy) is 2. The molecule has 102 valence electrons. The fraction of sp³-hybridized carbons (Fsp3) is 0.438. The minimum atomic E-state index is -0.360. The van der Waals surface area contributed by atoms with Crippen LogP contribution in [-0.2, 0) is 19.9 Å². The number of carbonyl (C=O) groups is 1. The Balaban J connectivity index is 2.22. The van der Waals surface area contributed by atoms with Gasteiger partial charge < -0.3 is 9.47 Å². The lowest BCUT2D eigenvalue weighted by molar-refractivity contribution is -0.140. The van der Waals surface area contributed by atoms with Gasteiger partial charge in [-0.3, -0.25) is 0 Å². The van der Waals surface area contributed by atoms with E-state index < -0.39 is 0 Å². The van der Waals surface area contributed by atoms with Crippen LogP contribution in [-0.4, -0.2) is 12.6 Å². The van der Waals surface area contributed by atoms with Crippen LogP contribution in [0, 0.1) is 0 Å². The molecule has 3 heteroatoms. The second kappa shape index (κ2) is 5.47. The smallest absolute Gasteiger partial charge is 0.337 e. The first-order chi connectivity index (χ1) is 9.07. The van der Waals surface area contributed by atoms with E-state index in [0.717, 1.165) is 12.0 Å². The minimum Gasteiger partial charge on any atom is -0.487 e. The summed E-state index contributed by atoms with van der Waals surface area (Å²) in [5.41, 5.74) is 1.44. The van der Waals surface area contributed by atoms with Crippen molar-refractivity contribution in [1.82, 2.24) is 0 Å². The van der Waals surface area contributed by atoms with E-state index in [1.54, 1.807) is 0 Å². The van der Waals surface area contributed by atoms with Gasteiger partial charge in [-0.15, -0.1) is 0 Å². The van der Waals surface area contributed by atoms with Crippen LogP contribution in [0.15, 0.2) is 41.7 Å². The van der Waals surface area contributed by atoms with Crippen molar-refractivity contribution in [1.29, 1.82) is 0 Å². The highest BCUT2D eigenvalue weighted by molar-refractivity contribution is 5.89. The molecule has 1 heterocycles. The first-order valence-electron chi connectivity index (χ1n) is 6.68. The van der Waals surface area contributed by atoms with Gasteiger partial charge in [-0.05, 0) is 39.2 Å². The Morgan fingerprint density at radius 1 is 1.37 bits per heavy atom. The molecule has 0 fully saturated rings. The van der Waals surface area contributed by atoms with E-state index in [0.29, 0.717) is 24.4 Å². The predicted molar refractivity (Wildman–Crippen MR) is 73.4 cm³/mol. The van der Waals surface area contributed by atoms with Gasteiger partial charge in [0.25, 0.3) is 0 Å². The Bertz CT molecular complexity index is 490. The molecule has 3 nitrogen and oxygen atoms in total. The van der Waals surface area contributed by atoms with Gasteiger partial charge in [0.1, 0.15) is 11.4 Å². The zero-order valence-electron chi connectivity index (χ0n) is 11.7. The molecule has 1 atom stereocenters. The average molecular weight is 260 g/mol. The van der Waals surface area contributed by atoms with Crippen LogP contribution >= 0.6 is 0 Å². The largest absolute Gasteiger partial charge is 0.487 e. The molecule has 0 saturated carbocycles. The third-order valence-corrected chi connectivity index (χ3v) is 3.56. The maximum atomic E-state index is 11.8. The van der Waals surface area contributed by atoms with Gasteiger partial charge >= 0.3 is 5.97 Å². The van der Waals surface area contributed by atoms with Gasteiger partial charge in [0.2, 0.25) is 0 Å². The number of carbonyl (C=O) groups excluding carboxylic acids is 1. The van der Waals surface area contributed by atoms with Crippen molar-refractivity contribution in [2.75, 3.05) is 6.61 Å². The highest BCUT2D eigenvalue weighted by Crippen LogP contribution is 2.39. The van der Waals surface area contributed by atoms with E-state index >= 15 is 0 Å². The molecule has 0 aromatic heterocycles. The molecule has 1 aliphatic heterocycles. The van der Waals surface area contributed by atoms with Crippen molar-refractivity contribution in [3.8, 4) is 0 Å². The third kappa shape index (κ3) is 2.80. The number of hydrogen-bond acceptors (Lipinski definition) is 3. The Morgan fingerprint density at radius 3 is 2.63 bits per heavy atom. The van der Waals surface area contributed by atoms with Gasteiger partial charge in [-0.2, -0.15) is 0 Å². The predicted octanol–water partition coefficient (Wildman–Crippen LogP) is 3.55. The summed E-state index contributed by atoms with van der Waals surface area (Å²) >= 11 is 0. The van der Waals surface area contributed by atoms with Gasteiger partial charge in [0.05, 0.1) is 12.2 Å². The number of esters is 1. The number of benzene rings is 1. The first-order valence-corrected chi connectivity index (χ1v) is 6.68. The molecule has 1 aromatic carbocycles. The van der Waals surface area contributed by atoms with Crippen LogP contribution in [0.1, 0.15) is 39.2 Å². The summed E-state index contributed by atoms with van der Waals surface area (Å²) in [6.07, 6.45) is 1.47. The molecule has 1 aliphatic rings. The summed E-state index contributed by atoms with van der Waals surface area (Å²) in [6.45, 7) is 6.11. The van der Waals surface area contributed by atoms with Crippen molar-refractivity contribution in [2.45, 2.75) is 39.2 Å². The van der Waals surface area contributed by atoms with Crippen LogP contribution in [0.5, 0.6) is 0 Å². The molecular formula is C16H20O3. The second-order valence-electron chi connectivity index (χ2n) is 4.95. The molecular weight excluding hydrogens is 240 g/mol. The lowest BCUT2D eigenvalue weighted by Gasteiger charge is -2.36. The number of allylic oxidation sites excluding steroid dienone is 1. The average Bonchev–Trinajstić information content (AvgIpc) is 2.40. The summed E-state index contributed by atoms with van der Waals surface area (Å²) in [5.74, 6) is 0.422. The summed E-state index contributed by atoms with van der Waals surface area (Å²) in [6, 6.07) is 10.1. The van der Waals surface area contributed by atoms with Crippen molar-refractivity contribution in [3.63, 3.8) is 0 Å². The Hall–Kier alpha value is -1.77. The maximum absolute atomic E-state index is 11.8. The van der Waals surface area contributed by atoms with Gasteiger partial charge in [-0.1, -0.05) is 30.3 Å². The van der Waals surface area contributed by atoms with E-state index in [9.17, 15) is 4.79 Å². The lowest BCUT2D eigenvalue weighted by atomic mass is 9.86. The fourth-order valence-corrected chi connectivity index (χ4v) is 2.45. The zero-order chi connectivity index (χ0) is 13.9. The molecule has 0 bridgehead atoms. The van der Waals surface area contributed by atoms with Crippen LogP contribution in [0.2, 0.25) is 0 Å². The molecule has 0 radical (unpaired) electrons. The normalized spacial score (nSPS) is 22.9. The zero-order valence-corrected chi connectivity index (χ0v) is 11.7. The standard InChI is InChI=1S/C16H20O3/c1-4-18-15(17)14-10-11-16(3,19-12(14)2)13-8-6-5-7-9-13/h5-9H,4,10-11H2,1-3H3. The Kier molecular flexibility index (Phi) is 3.93. The van der Waals surface area contributed by atoms with Crippen molar-refractivity contribution >= 4 is 5.97 Å². The van der Waals surface area contributed by atoms with Crippen LogP contribution in [0.4, 0.5) is 0 Å². The fourth-order valence-electron chi connectivity index (χ4n) is 2.45. The minimum absolute atomic E-state index is 0.255. The van der Waals surface area contributed by atoms with Gasteiger partial charge in [-0.25, -0.2) is 4.79 Å². The molecule has 0 amide bonds. The molecule has 0 spiro atoms. The Morgan fingerprint density at radius 2 is 2.05 bits per heavy atom. The summed E-state index contributed by atoms with van der Waals surface area (Å²) in [7, 11) is 0. The SMILES string of the molecule is CCOC(=O)C1=C(C)OC(C)(c2ccccc2)CC1. The van der Waals surface area contributed by atoms with E-state index in [1.807, 2.05) is 32.0 Å². The number of rotatable bonds is 3. The second-order valence-corrected chi connectivity index (χ2v) is 4.95. The highest BCUT2D eigenvalue weighted by Gasteiger charge is 2.35. The van der Waals surface area contributed by atoms with Crippen molar-refractivity contribution in [2.24, 2.45) is 0 Å². The van der Waals surface area contributed by atoms with E-state index in [-0.39, 0.29) is 11.6 Å². The maximum Gasteiger partial charge on any atom is 0.337 e.